The highest BCUT2D eigenvalue weighted by atomic mass is 32.2. The van der Waals surface area contributed by atoms with Crippen LogP contribution in [0.25, 0.3) is 0 Å². The monoisotopic (exact) mass is 488 g/mol. The number of rotatable bonds is 6. The minimum Gasteiger partial charge on any atom is -0.461 e. The molecule has 0 saturated carbocycles. The molecule has 0 amide bonds. The highest BCUT2D eigenvalue weighted by Gasteiger charge is 2.41. The van der Waals surface area contributed by atoms with Crippen molar-refractivity contribution in [3.8, 4) is 5.75 Å². The Morgan fingerprint density at radius 2 is 1.97 bits per heavy atom. The second kappa shape index (κ2) is 10.0. The van der Waals surface area contributed by atoms with E-state index in [0.717, 1.165) is 0 Å². The van der Waals surface area contributed by atoms with Gasteiger partial charge in [0.2, 0.25) is 15.9 Å². The van der Waals surface area contributed by atoms with Crippen molar-refractivity contribution in [3.63, 3.8) is 0 Å². The van der Waals surface area contributed by atoms with Crippen molar-refractivity contribution < 1.29 is 27.1 Å². The second-order valence-electron chi connectivity index (χ2n) is 8.89. The van der Waals surface area contributed by atoms with Crippen LogP contribution in [0.2, 0.25) is 0 Å². The van der Waals surface area contributed by atoms with E-state index in [1.807, 2.05) is 40.9 Å². The lowest BCUT2D eigenvalue weighted by atomic mass is 9.98. The molecule has 1 aromatic carbocycles. The van der Waals surface area contributed by atoms with Crippen molar-refractivity contribution in [3.05, 3.63) is 24.2 Å². The van der Waals surface area contributed by atoms with E-state index >= 15 is 0 Å². The fourth-order valence-corrected chi connectivity index (χ4v) is 5.77. The summed E-state index contributed by atoms with van der Waals surface area (Å²) in [6.45, 7) is 12.2. The summed E-state index contributed by atoms with van der Waals surface area (Å²) in [5, 5.41) is 0. The first kappa shape index (κ1) is 26.5. The number of hydrogen-bond acceptors (Lipinski definition) is 7. The number of anilines is 1. The maximum absolute atomic E-state index is 14.0. The number of carbonyl (C=O) groups excluding carboxylic acids is 1. The molecule has 10 heteroatoms. The number of hydrogen-bond donors (Lipinski definition) is 0. The average Bonchev–Trinajstić information content (AvgIpc) is 2.78. The van der Waals surface area contributed by atoms with Gasteiger partial charge in [0.05, 0.1) is 17.2 Å². The molecule has 0 unspecified atom stereocenters. The van der Waals surface area contributed by atoms with Crippen molar-refractivity contribution >= 4 is 33.4 Å². The van der Waals surface area contributed by atoms with Crippen molar-refractivity contribution in [1.82, 2.24) is 4.31 Å². The topological polar surface area (TPSA) is 76.2 Å². The van der Waals surface area contributed by atoms with Crippen LogP contribution in [-0.4, -0.2) is 56.7 Å². The summed E-state index contributed by atoms with van der Waals surface area (Å²) in [7, 11) is -2.28. The molecule has 0 N–H and O–H groups in total. The van der Waals surface area contributed by atoms with Gasteiger partial charge >= 0.3 is 5.97 Å². The van der Waals surface area contributed by atoms with Crippen LogP contribution >= 0.6 is 11.8 Å². The summed E-state index contributed by atoms with van der Waals surface area (Å²) in [6, 6.07) is 2.92. The molecule has 0 aliphatic carbocycles. The normalized spacial score (nSPS) is 19.5. The molecule has 0 spiro atoms. The number of carbonyl (C=O) groups is 1. The van der Waals surface area contributed by atoms with E-state index in [4.69, 9.17) is 4.74 Å². The van der Waals surface area contributed by atoms with Gasteiger partial charge in [-0.05, 0) is 45.9 Å². The first-order chi connectivity index (χ1) is 14.7. The third kappa shape index (κ3) is 5.40. The van der Waals surface area contributed by atoms with E-state index < -0.39 is 21.8 Å². The van der Waals surface area contributed by atoms with E-state index in [0.29, 0.717) is 23.4 Å². The maximum Gasteiger partial charge on any atom is 0.370 e. The third-order valence-corrected chi connectivity index (χ3v) is 8.04. The van der Waals surface area contributed by atoms with Crippen LogP contribution in [0.4, 0.5) is 10.1 Å². The molecular weight excluding hydrogens is 455 g/mol. The van der Waals surface area contributed by atoms with Crippen LogP contribution in [-0.2, 0) is 19.6 Å². The van der Waals surface area contributed by atoms with Gasteiger partial charge in [0, 0.05) is 31.2 Å². The first-order valence-electron chi connectivity index (χ1n) is 10.4. The number of nitrogens with zero attached hydrogens (tertiary/aromatic N) is 2. The molecule has 32 heavy (non-hydrogen) atoms. The lowest BCUT2D eigenvalue weighted by Crippen LogP contribution is -2.50. The highest BCUT2D eigenvalue weighted by molar-refractivity contribution is 7.98. The Morgan fingerprint density at radius 1 is 1.34 bits per heavy atom. The van der Waals surface area contributed by atoms with Crippen LogP contribution in [0.5, 0.6) is 5.75 Å². The average molecular weight is 489 g/mol. The Labute approximate surface area is 195 Å². The number of halogens is 1. The largest absolute Gasteiger partial charge is 0.461 e. The van der Waals surface area contributed by atoms with Gasteiger partial charge < -0.3 is 14.4 Å². The molecule has 1 heterocycles. The molecule has 2 rings (SSSR count). The molecule has 1 aliphatic heterocycles. The SMILES string of the molecule is CCOC(=O)/C(F)=C/Oc1cc2c(cc1SC)N(C(C)(C)C)C[C@@H](C(C)C)N(C)S2(=O)=O. The van der Waals surface area contributed by atoms with E-state index in [2.05, 4.69) is 9.64 Å². The molecule has 1 atom stereocenters. The maximum atomic E-state index is 14.0. The highest BCUT2D eigenvalue weighted by Crippen LogP contribution is 2.43. The Kier molecular flexibility index (Phi) is 8.28. The quantitative estimate of drug-likeness (QED) is 0.254. The van der Waals surface area contributed by atoms with Crippen LogP contribution in [0, 0.1) is 5.92 Å². The van der Waals surface area contributed by atoms with Crippen molar-refractivity contribution in [1.29, 1.82) is 0 Å². The zero-order valence-corrected chi connectivity index (χ0v) is 21.6. The summed E-state index contributed by atoms with van der Waals surface area (Å²) >= 11 is 1.34. The molecule has 1 aliphatic rings. The van der Waals surface area contributed by atoms with Gasteiger partial charge in [0.1, 0.15) is 16.9 Å². The van der Waals surface area contributed by atoms with Crippen molar-refractivity contribution in [2.45, 2.75) is 62.9 Å². The number of ether oxygens (including phenoxy) is 2. The molecule has 0 radical (unpaired) electrons. The fraction of sp³-hybridized carbons (Fsp3) is 0.591. The van der Waals surface area contributed by atoms with Gasteiger partial charge in [-0.1, -0.05) is 13.8 Å². The molecule has 180 valence electrons. The first-order valence-corrected chi connectivity index (χ1v) is 13.1. The summed E-state index contributed by atoms with van der Waals surface area (Å²) < 4.78 is 52.6. The van der Waals surface area contributed by atoms with Gasteiger partial charge in [-0.2, -0.15) is 8.70 Å². The molecule has 1 aromatic rings. The number of sulfonamides is 1. The van der Waals surface area contributed by atoms with E-state index in [-0.39, 0.29) is 34.8 Å². The summed E-state index contributed by atoms with van der Waals surface area (Å²) in [5.74, 6) is -2.11. The number of benzene rings is 1. The lowest BCUT2D eigenvalue weighted by molar-refractivity contribution is -0.140. The number of fused-ring (bicyclic) bond motifs is 1. The predicted octanol–water partition coefficient (Wildman–Crippen LogP) is 4.42. The second-order valence-corrected chi connectivity index (χ2v) is 11.7. The summed E-state index contributed by atoms with van der Waals surface area (Å²) in [4.78, 5) is 14.3. The Bertz CT molecular complexity index is 987. The van der Waals surface area contributed by atoms with Gasteiger partial charge in [-0.15, -0.1) is 11.8 Å². The standard InChI is InChI=1S/C22H33FN2O5S2/c1-9-29-21(26)15(23)13-30-18-11-20-16(10-19(18)31-8)25(22(4,5)6)12-17(14(2)3)24(7)32(20,27)28/h10-11,13-14,17H,9,12H2,1-8H3/b15-13-/t17-/m0/s1. The summed E-state index contributed by atoms with van der Waals surface area (Å²) in [6.07, 6.45) is 2.46. The van der Waals surface area contributed by atoms with Crippen LogP contribution < -0.4 is 9.64 Å². The van der Waals surface area contributed by atoms with Crippen molar-refractivity contribution in [2.75, 3.05) is 31.4 Å². The van der Waals surface area contributed by atoms with Crippen LogP contribution in [0.3, 0.4) is 0 Å². The zero-order valence-electron chi connectivity index (χ0n) is 19.9. The van der Waals surface area contributed by atoms with E-state index in [1.54, 1.807) is 20.0 Å². The van der Waals surface area contributed by atoms with Gasteiger partial charge in [0.25, 0.3) is 0 Å². The Balaban J connectivity index is 2.69. The molecule has 0 aromatic heterocycles. The third-order valence-electron chi connectivity index (χ3n) is 5.37. The minimum absolute atomic E-state index is 0.0270. The zero-order chi connectivity index (χ0) is 24.4. The van der Waals surface area contributed by atoms with E-state index in [1.165, 1.54) is 22.1 Å². The van der Waals surface area contributed by atoms with Crippen LogP contribution in [0.15, 0.2) is 34.0 Å². The molecular formula is C22H33FN2O5S2. The summed E-state index contributed by atoms with van der Waals surface area (Å²) in [5.41, 5.74) is 0.218. The minimum atomic E-state index is -3.86. The van der Waals surface area contributed by atoms with Crippen LogP contribution in [0.1, 0.15) is 41.5 Å². The smallest absolute Gasteiger partial charge is 0.370 e. The predicted molar refractivity (Wildman–Crippen MR) is 125 cm³/mol. The van der Waals surface area contributed by atoms with Gasteiger partial charge in [0.15, 0.2) is 0 Å². The molecule has 7 nitrogen and oxygen atoms in total. The van der Waals surface area contributed by atoms with Gasteiger partial charge in [-0.3, -0.25) is 0 Å². The fourth-order valence-electron chi connectivity index (χ4n) is 3.56. The van der Waals surface area contributed by atoms with Crippen molar-refractivity contribution in [2.24, 2.45) is 5.92 Å². The number of thioether (sulfide) groups is 1. The Morgan fingerprint density at radius 3 is 2.47 bits per heavy atom. The lowest BCUT2D eigenvalue weighted by Gasteiger charge is -2.40. The molecule has 0 saturated heterocycles. The number of likely N-dealkylation sites (N-methyl/N-ethyl adjacent to an activating group) is 1. The number of esters is 1. The van der Waals surface area contributed by atoms with Gasteiger partial charge in [-0.25, -0.2) is 13.2 Å². The van der Waals surface area contributed by atoms with E-state index in [9.17, 15) is 17.6 Å². The Hall–Kier alpha value is -1.78. The molecule has 0 bridgehead atoms. The molecule has 0 fully saturated rings.